The molecule has 1 saturated heterocycles. The van der Waals surface area contributed by atoms with E-state index in [9.17, 15) is 9.59 Å². The zero-order valence-corrected chi connectivity index (χ0v) is 14.1. The van der Waals surface area contributed by atoms with Crippen molar-refractivity contribution in [1.82, 2.24) is 10.2 Å². The molecule has 1 aliphatic rings. The molecule has 1 aromatic carbocycles. The van der Waals surface area contributed by atoms with Gasteiger partial charge in [0.2, 0.25) is 5.91 Å². The van der Waals surface area contributed by atoms with Gasteiger partial charge in [-0.1, -0.05) is 24.3 Å². The minimum absolute atomic E-state index is 0.142. The largest absolute Gasteiger partial charge is 0.466 e. The van der Waals surface area contributed by atoms with E-state index >= 15 is 0 Å². The Kier molecular flexibility index (Phi) is 4.69. The molecule has 2 heterocycles. The van der Waals surface area contributed by atoms with E-state index in [0.717, 1.165) is 29.9 Å². The number of hydrogen-bond acceptors (Lipinski definition) is 3. The summed E-state index contributed by atoms with van der Waals surface area (Å²) in [6, 6.07) is 9.66. The standard InChI is InChI=1S/C19H22N2O3/c1-13-10-17(14(2)24-13)19(23)20-11-15-6-3-4-7-16(15)12-21-9-5-8-18(21)22/h3-4,6-7,10H,5,8-9,11-12H2,1-2H3,(H,20,23). The van der Waals surface area contributed by atoms with Crippen LogP contribution in [0.15, 0.2) is 34.7 Å². The van der Waals surface area contributed by atoms with E-state index in [1.807, 2.05) is 36.1 Å². The van der Waals surface area contributed by atoms with Crippen LogP contribution in [-0.4, -0.2) is 23.3 Å². The zero-order valence-electron chi connectivity index (χ0n) is 14.1. The van der Waals surface area contributed by atoms with Gasteiger partial charge in [0.1, 0.15) is 11.5 Å². The molecule has 126 valence electrons. The van der Waals surface area contributed by atoms with Crippen molar-refractivity contribution < 1.29 is 14.0 Å². The fraction of sp³-hybridized carbons (Fsp3) is 0.368. The molecule has 3 rings (SSSR count). The topological polar surface area (TPSA) is 62.6 Å². The van der Waals surface area contributed by atoms with Crippen molar-refractivity contribution in [3.05, 3.63) is 58.5 Å². The third-order valence-corrected chi connectivity index (χ3v) is 4.38. The number of likely N-dealkylation sites (tertiary alicyclic amines) is 1. The fourth-order valence-corrected chi connectivity index (χ4v) is 3.09. The average molecular weight is 326 g/mol. The van der Waals surface area contributed by atoms with E-state index < -0.39 is 0 Å². The van der Waals surface area contributed by atoms with Crippen LogP contribution < -0.4 is 5.32 Å². The molecule has 0 spiro atoms. The molecule has 1 N–H and O–H groups in total. The smallest absolute Gasteiger partial charge is 0.255 e. The lowest BCUT2D eigenvalue weighted by molar-refractivity contribution is -0.128. The second kappa shape index (κ2) is 6.91. The third-order valence-electron chi connectivity index (χ3n) is 4.38. The van der Waals surface area contributed by atoms with Crippen molar-refractivity contribution in [1.29, 1.82) is 0 Å². The molecule has 24 heavy (non-hydrogen) atoms. The van der Waals surface area contributed by atoms with Gasteiger partial charge in [0.25, 0.3) is 5.91 Å². The summed E-state index contributed by atoms with van der Waals surface area (Å²) in [6.07, 6.45) is 1.56. The van der Waals surface area contributed by atoms with E-state index in [2.05, 4.69) is 5.32 Å². The van der Waals surface area contributed by atoms with Crippen molar-refractivity contribution in [2.45, 2.75) is 39.8 Å². The molecule has 0 bridgehead atoms. The van der Waals surface area contributed by atoms with Crippen LogP contribution in [0.4, 0.5) is 0 Å². The molecule has 2 amide bonds. The van der Waals surface area contributed by atoms with Gasteiger partial charge in [-0.05, 0) is 37.5 Å². The number of rotatable bonds is 5. The maximum absolute atomic E-state index is 12.3. The normalized spacial score (nSPS) is 14.2. The van der Waals surface area contributed by atoms with Gasteiger partial charge in [-0.25, -0.2) is 0 Å². The minimum Gasteiger partial charge on any atom is -0.466 e. The average Bonchev–Trinajstić information content (AvgIpc) is 3.11. The molecule has 2 aromatic rings. The number of amides is 2. The number of carbonyl (C=O) groups excluding carboxylic acids is 2. The number of aryl methyl sites for hydroxylation is 2. The Labute approximate surface area is 141 Å². The third kappa shape index (κ3) is 3.50. The van der Waals surface area contributed by atoms with Crippen LogP contribution in [0.5, 0.6) is 0 Å². The van der Waals surface area contributed by atoms with E-state index in [1.165, 1.54) is 0 Å². The SMILES string of the molecule is Cc1cc(C(=O)NCc2ccccc2CN2CCCC2=O)c(C)o1. The van der Waals surface area contributed by atoms with Crippen molar-refractivity contribution in [2.24, 2.45) is 0 Å². The van der Waals surface area contributed by atoms with Gasteiger partial charge in [0, 0.05) is 26.1 Å². The van der Waals surface area contributed by atoms with Crippen LogP contribution >= 0.6 is 0 Å². The van der Waals surface area contributed by atoms with Gasteiger partial charge < -0.3 is 14.6 Å². The number of hydrogen-bond donors (Lipinski definition) is 1. The number of nitrogens with one attached hydrogen (secondary N) is 1. The lowest BCUT2D eigenvalue weighted by atomic mass is 10.1. The number of nitrogens with zero attached hydrogens (tertiary/aromatic N) is 1. The van der Waals surface area contributed by atoms with E-state index in [0.29, 0.717) is 30.8 Å². The summed E-state index contributed by atoms with van der Waals surface area (Å²) in [5.74, 6) is 1.42. The highest BCUT2D eigenvalue weighted by Gasteiger charge is 2.21. The minimum atomic E-state index is -0.142. The number of carbonyl (C=O) groups is 2. The Balaban J connectivity index is 1.68. The van der Waals surface area contributed by atoms with E-state index in [4.69, 9.17) is 4.42 Å². The summed E-state index contributed by atoms with van der Waals surface area (Å²) >= 11 is 0. The molecule has 5 nitrogen and oxygen atoms in total. The first-order valence-corrected chi connectivity index (χ1v) is 8.24. The summed E-state index contributed by atoms with van der Waals surface area (Å²) in [7, 11) is 0. The Morgan fingerprint density at radius 2 is 2.00 bits per heavy atom. The van der Waals surface area contributed by atoms with Crippen LogP contribution in [0.1, 0.15) is 45.8 Å². The predicted octanol–water partition coefficient (Wildman–Crippen LogP) is 2.95. The molecule has 0 aliphatic carbocycles. The van der Waals surface area contributed by atoms with Crippen molar-refractivity contribution in [3.8, 4) is 0 Å². The Morgan fingerprint density at radius 3 is 2.62 bits per heavy atom. The molecule has 0 saturated carbocycles. The lowest BCUT2D eigenvalue weighted by Gasteiger charge is -2.18. The molecule has 1 aromatic heterocycles. The lowest BCUT2D eigenvalue weighted by Crippen LogP contribution is -2.27. The van der Waals surface area contributed by atoms with Crippen LogP contribution in [0.25, 0.3) is 0 Å². The van der Waals surface area contributed by atoms with Gasteiger partial charge in [0.15, 0.2) is 0 Å². The second-order valence-electron chi connectivity index (χ2n) is 6.20. The molecular formula is C19H22N2O3. The Hall–Kier alpha value is -2.56. The molecule has 5 heteroatoms. The second-order valence-corrected chi connectivity index (χ2v) is 6.20. The molecule has 0 atom stereocenters. The van der Waals surface area contributed by atoms with Crippen molar-refractivity contribution in [2.75, 3.05) is 6.54 Å². The highest BCUT2D eigenvalue weighted by atomic mass is 16.3. The maximum Gasteiger partial charge on any atom is 0.255 e. The molecule has 1 aliphatic heterocycles. The first-order valence-electron chi connectivity index (χ1n) is 8.24. The summed E-state index contributed by atoms with van der Waals surface area (Å²) < 4.78 is 5.41. The van der Waals surface area contributed by atoms with Crippen molar-refractivity contribution >= 4 is 11.8 Å². The molecule has 0 unspecified atom stereocenters. The van der Waals surface area contributed by atoms with Crippen LogP contribution in [0.3, 0.4) is 0 Å². The summed E-state index contributed by atoms with van der Waals surface area (Å²) in [5, 5.41) is 2.94. The fourth-order valence-electron chi connectivity index (χ4n) is 3.09. The first kappa shape index (κ1) is 16.3. The monoisotopic (exact) mass is 326 g/mol. The van der Waals surface area contributed by atoms with Gasteiger partial charge in [-0.2, -0.15) is 0 Å². The van der Waals surface area contributed by atoms with Gasteiger partial charge in [0.05, 0.1) is 5.56 Å². The molecule has 1 fully saturated rings. The summed E-state index contributed by atoms with van der Waals surface area (Å²) in [6.45, 7) is 5.46. The maximum atomic E-state index is 12.3. The zero-order chi connectivity index (χ0) is 17.1. The predicted molar refractivity (Wildman–Crippen MR) is 90.4 cm³/mol. The molecule has 0 radical (unpaired) electrons. The van der Waals surface area contributed by atoms with Gasteiger partial charge in [-0.3, -0.25) is 9.59 Å². The van der Waals surface area contributed by atoms with Gasteiger partial charge >= 0.3 is 0 Å². The van der Waals surface area contributed by atoms with Crippen molar-refractivity contribution in [3.63, 3.8) is 0 Å². The number of furan rings is 1. The van der Waals surface area contributed by atoms with Crippen LogP contribution in [0.2, 0.25) is 0 Å². The highest BCUT2D eigenvalue weighted by molar-refractivity contribution is 5.95. The molecular weight excluding hydrogens is 304 g/mol. The Morgan fingerprint density at radius 1 is 1.25 bits per heavy atom. The Bertz CT molecular complexity index is 764. The summed E-state index contributed by atoms with van der Waals surface area (Å²) in [5.41, 5.74) is 2.68. The van der Waals surface area contributed by atoms with E-state index in [1.54, 1.807) is 13.0 Å². The van der Waals surface area contributed by atoms with Crippen LogP contribution in [0, 0.1) is 13.8 Å². The van der Waals surface area contributed by atoms with E-state index in [-0.39, 0.29) is 11.8 Å². The van der Waals surface area contributed by atoms with Gasteiger partial charge in [-0.15, -0.1) is 0 Å². The highest BCUT2D eigenvalue weighted by Crippen LogP contribution is 2.18. The van der Waals surface area contributed by atoms with Crippen LogP contribution in [-0.2, 0) is 17.9 Å². The first-order chi connectivity index (χ1) is 11.5. The summed E-state index contributed by atoms with van der Waals surface area (Å²) in [4.78, 5) is 26.0. The quantitative estimate of drug-likeness (QED) is 0.919. The number of benzene rings is 1.